The fourth-order valence-corrected chi connectivity index (χ4v) is 1.09. The van der Waals surface area contributed by atoms with Crippen molar-refractivity contribution in [2.24, 2.45) is 0 Å². The van der Waals surface area contributed by atoms with Crippen LogP contribution in [-0.2, 0) is 4.79 Å². The van der Waals surface area contributed by atoms with Gasteiger partial charge in [-0.05, 0) is 24.3 Å². The van der Waals surface area contributed by atoms with Crippen LogP contribution in [0.1, 0.15) is 6.92 Å². The number of nitrogens with zero attached hydrogens (tertiary/aromatic N) is 1. The minimum Gasteiger partial charge on any atom is -0.289 e. The van der Waals surface area contributed by atoms with Gasteiger partial charge < -0.3 is 0 Å². The molecular weight excluding hydrogens is 188 g/mol. The summed E-state index contributed by atoms with van der Waals surface area (Å²) in [6.45, 7) is 1.46. The van der Waals surface area contributed by atoms with Gasteiger partial charge in [0.25, 0.3) is 0 Å². The number of halogens is 1. The summed E-state index contributed by atoms with van der Waals surface area (Å²) in [5.74, 6) is -0.0996. The monoisotopic (exact) mass is 198 g/mol. The van der Waals surface area contributed by atoms with E-state index in [2.05, 4.69) is 5.43 Å². The van der Waals surface area contributed by atoms with Crippen LogP contribution in [0.25, 0.3) is 0 Å². The number of carbonyl (C=O) groups is 1. The summed E-state index contributed by atoms with van der Waals surface area (Å²) in [5, 5.41) is 2.32. The predicted molar refractivity (Wildman–Crippen MR) is 53.7 cm³/mol. The van der Waals surface area contributed by atoms with Crippen LogP contribution in [-0.4, -0.2) is 13.0 Å². The highest BCUT2D eigenvalue weighted by atomic mass is 35.5. The number of amides is 1. The summed E-state index contributed by atoms with van der Waals surface area (Å²) in [6, 6.07) is 7.21. The van der Waals surface area contributed by atoms with Gasteiger partial charge in [0.2, 0.25) is 5.91 Å². The van der Waals surface area contributed by atoms with Gasteiger partial charge in [-0.3, -0.25) is 15.2 Å². The zero-order valence-corrected chi connectivity index (χ0v) is 8.30. The molecule has 0 aliphatic rings. The molecule has 0 aromatic heterocycles. The highest BCUT2D eigenvalue weighted by Gasteiger charge is 2.00. The zero-order chi connectivity index (χ0) is 9.84. The van der Waals surface area contributed by atoms with Crippen molar-refractivity contribution < 1.29 is 4.79 Å². The maximum Gasteiger partial charge on any atom is 0.235 e. The molecule has 0 spiro atoms. The molecule has 3 nitrogen and oxygen atoms in total. The van der Waals surface area contributed by atoms with Crippen molar-refractivity contribution >= 4 is 23.2 Å². The number of rotatable bonds is 2. The molecule has 13 heavy (non-hydrogen) atoms. The molecule has 1 rings (SSSR count). The van der Waals surface area contributed by atoms with Crippen molar-refractivity contribution in [3.63, 3.8) is 0 Å². The Balaban J connectivity index is 2.71. The first-order valence-electron chi connectivity index (χ1n) is 3.86. The predicted octanol–water partition coefficient (Wildman–Crippen LogP) is 1.83. The standard InChI is InChI=1S/C9H11ClN2O/c1-7(13)11-12(2)9-5-3-8(10)4-6-9/h3-6H,1-2H3,(H,11,13). The van der Waals surface area contributed by atoms with Gasteiger partial charge >= 0.3 is 0 Å². The second-order valence-electron chi connectivity index (χ2n) is 2.70. The molecule has 0 fully saturated rings. The van der Waals surface area contributed by atoms with Crippen LogP contribution in [0.2, 0.25) is 5.02 Å². The Labute approximate surface area is 82.3 Å². The average molecular weight is 199 g/mol. The fraction of sp³-hybridized carbons (Fsp3) is 0.222. The SMILES string of the molecule is CC(=O)NN(C)c1ccc(Cl)cc1. The lowest BCUT2D eigenvalue weighted by Gasteiger charge is -2.18. The normalized spacial score (nSPS) is 9.46. The Kier molecular flexibility index (Phi) is 3.14. The molecule has 1 N–H and O–H groups in total. The summed E-state index contributed by atoms with van der Waals surface area (Å²) < 4.78 is 0. The minimum absolute atomic E-state index is 0.0996. The highest BCUT2D eigenvalue weighted by Crippen LogP contribution is 2.15. The maximum atomic E-state index is 10.7. The molecular formula is C9H11ClN2O. The molecule has 0 aliphatic carbocycles. The molecule has 4 heteroatoms. The average Bonchev–Trinajstić information content (AvgIpc) is 2.04. The quantitative estimate of drug-likeness (QED) is 0.736. The van der Waals surface area contributed by atoms with Gasteiger partial charge in [-0.15, -0.1) is 0 Å². The van der Waals surface area contributed by atoms with Crippen molar-refractivity contribution in [3.05, 3.63) is 29.3 Å². The van der Waals surface area contributed by atoms with Gasteiger partial charge in [0.15, 0.2) is 0 Å². The number of hydrazine groups is 1. The Hall–Kier alpha value is -1.22. The van der Waals surface area contributed by atoms with Crippen molar-refractivity contribution in [2.75, 3.05) is 12.1 Å². The van der Waals surface area contributed by atoms with Crippen molar-refractivity contribution in [1.29, 1.82) is 0 Å². The summed E-state index contributed by atoms with van der Waals surface area (Å²) in [6.07, 6.45) is 0. The van der Waals surface area contributed by atoms with E-state index in [4.69, 9.17) is 11.6 Å². The number of carbonyl (C=O) groups excluding carboxylic acids is 1. The first-order valence-corrected chi connectivity index (χ1v) is 4.24. The van der Waals surface area contributed by atoms with Crippen LogP contribution in [0.15, 0.2) is 24.3 Å². The fourth-order valence-electron chi connectivity index (χ4n) is 0.965. The first-order chi connectivity index (χ1) is 6.09. The van der Waals surface area contributed by atoms with Crippen LogP contribution in [0.4, 0.5) is 5.69 Å². The summed E-state index contributed by atoms with van der Waals surface area (Å²) in [7, 11) is 1.77. The van der Waals surface area contributed by atoms with Gasteiger partial charge in [-0.1, -0.05) is 11.6 Å². The lowest BCUT2D eigenvalue weighted by molar-refractivity contribution is -0.119. The smallest absolute Gasteiger partial charge is 0.235 e. The third kappa shape index (κ3) is 2.95. The third-order valence-electron chi connectivity index (χ3n) is 1.54. The first kappa shape index (κ1) is 9.86. The molecule has 0 unspecified atom stereocenters. The van der Waals surface area contributed by atoms with Crippen LogP contribution in [0, 0.1) is 0 Å². The van der Waals surface area contributed by atoms with E-state index < -0.39 is 0 Å². The van der Waals surface area contributed by atoms with Gasteiger partial charge in [0.1, 0.15) is 0 Å². The lowest BCUT2D eigenvalue weighted by atomic mass is 10.3. The Morgan fingerprint density at radius 1 is 1.38 bits per heavy atom. The van der Waals surface area contributed by atoms with E-state index >= 15 is 0 Å². The van der Waals surface area contributed by atoms with Crippen molar-refractivity contribution in [3.8, 4) is 0 Å². The van der Waals surface area contributed by atoms with E-state index in [1.54, 1.807) is 24.2 Å². The van der Waals surface area contributed by atoms with E-state index in [9.17, 15) is 4.79 Å². The number of hydrogen-bond donors (Lipinski definition) is 1. The Morgan fingerprint density at radius 2 is 1.92 bits per heavy atom. The second-order valence-corrected chi connectivity index (χ2v) is 3.14. The highest BCUT2D eigenvalue weighted by molar-refractivity contribution is 6.30. The molecule has 0 aliphatic heterocycles. The van der Waals surface area contributed by atoms with Crippen LogP contribution >= 0.6 is 11.6 Å². The van der Waals surface area contributed by atoms with E-state index in [0.29, 0.717) is 5.02 Å². The molecule has 0 heterocycles. The third-order valence-corrected chi connectivity index (χ3v) is 1.79. The zero-order valence-electron chi connectivity index (χ0n) is 7.54. The Morgan fingerprint density at radius 3 is 2.38 bits per heavy atom. The number of nitrogens with one attached hydrogen (secondary N) is 1. The molecule has 0 radical (unpaired) electrons. The van der Waals surface area contributed by atoms with E-state index in [0.717, 1.165) is 5.69 Å². The summed E-state index contributed by atoms with van der Waals surface area (Å²) >= 11 is 5.72. The van der Waals surface area contributed by atoms with E-state index in [1.807, 2.05) is 12.1 Å². The molecule has 0 saturated heterocycles. The topological polar surface area (TPSA) is 32.3 Å². The van der Waals surface area contributed by atoms with Gasteiger partial charge in [0.05, 0.1) is 5.69 Å². The molecule has 1 aromatic carbocycles. The van der Waals surface area contributed by atoms with Crippen LogP contribution in [0.3, 0.4) is 0 Å². The minimum atomic E-state index is -0.0996. The van der Waals surface area contributed by atoms with Gasteiger partial charge in [-0.25, -0.2) is 0 Å². The Bertz CT molecular complexity index is 297. The molecule has 0 bridgehead atoms. The molecule has 1 amide bonds. The van der Waals surface area contributed by atoms with Crippen molar-refractivity contribution in [1.82, 2.24) is 5.43 Å². The number of hydrogen-bond acceptors (Lipinski definition) is 2. The van der Waals surface area contributed by atoms with Crippen molar-refractivity contribution in [2.45, 2.75) is 6.92 Å². The molecule has 0 atom stereocenters. The van der Waals surface area contributed by atoms with Crippen LogP contribution in [0.5, 0.6) is 0 Å². The van der Waals surface area contributed by atoms with E-state index in [-0.39, 0.29) is 5.91 Å². The van der Waals surface area contributed by atoms with Gasteiger partial charge in [0, 0.05) is 19.0 Å². The van der Waals surface area contributed by atoms with E-state index in [1.165, 1.54) is 6.92 Å². The molecule has 1 aromatic rings. The number of anilines is 1. The molecule has 70 valence electrons. The van der Waals surface area contributed by atoms with Crippen LogP contribution < -0.4 is 10.4 Å². The van der Waals surface area contributed by atoms with Gasteiger partial charge in [-0.2, -0.15) is 0 Å². The number of benzene rings is 1. The maximum absolute atomic E-state index is 10.7. The summed E-state index contributed by atoms with van der Waals surface area (Å²) in [5.41, 5.74) is 3.52. The molecule has 0 saturated carbocycles. The lowest BCUT2D eigenvalue weighted by Crippen LogP contribution is -2.37. The summed E-state index contributed by atoms with van der Waals surface area (Å²) in [4.78, 5) is 10.7. The second kappa shape index (κ2) is 4.14. The largest absolute Gasteiger partial charge is 0.289 e.